The number of hydrogen-bond donors (Lipinski definition) is 4. The first-order valence-corrected chi connectivity index (χ1v) is 16.6. The maximum absolute atomic E-state index is 5.94. The van der Waals surface area contributed by atoms with Crippen molar-refractivity contribution in [2.24, 2.45) is 11.5 Å². The van der Waals surface area contributed by atoms with E-state index in [0.29, 0.717) is 26.3 Å². The Hall–Kier alpha value is -3.68. The van der Waals surface area contributed by atoms with E-state index in [1.54, 1.807) is 0 Å². The van der Waals surface area contributed by atoms with Crippen LogP contribution in [0.25, 0.3) is 0 Å². The molecule has 6 N–H and O–H groups in total. The summed E-state index contributed by atoms with van der Waals surface area (Å²) in [5.74, 6) is 1.75. The fourth-order valence-electron chi connectivity index (χ4n) is 5.28. The number of benzene rings is 4. The summed E-state index contributed by atoms with van der Waals surface area (Å²) in [5.41, 5.74) is 18.5. The summed E-state index contributed by atoms with van der Waals surface area (Å²) in [7, 11) is 0. The van der Waals surface area contributed by atoms with Gasteiger partial charge in [-0.3, -0.25) is 0 Å². The number of unbranched alkanes of at least 4 members (excludes halogenated alkanes) is 6. The molecule has 0 spiro atoms. The van der Waals surface area contributed by atoms with Crippen molar-refractivity contribution in [1.82, 2.24) is 10.6 Å². The normalized spacial score (nSPS) is 11.1. The first-order chi connectivity index (χ1) is 22.2. The van der Waals surface area contributed by atoms with Gasteiger partial charge in [0.15, 0.2) is 0 Å². The minimum atomic E-state index is 0.552. The Bertz CT molecular complexity index is 1250. The molecule has 0 fully saturated rings. The summed E-state index contributed by atoms with van der Waals surface area (Å²) in [5, 5.41) is 7.21. The molecule has 0 unspecified atom stereocenters. The van der Waals surface area contributed by atoms with E-state index in [1.165, 1.54) is 67.2 Å². The molecule has 4 rings (SSSR count). The zero-order valence-electron chi connectivity index (χ0n) is 26.8. The lowest BCUT2D eigenvalue weighted by molar-refractivity contribution is 0.306. The summed E-state index contributed by atoms with van der Waals surface area (Å²) in [6, 6.07) is 33.3. The predicted molar refractivity (Wildman–Crippen MR) is 186 cm³/mol. The molecule has 0 heterocycles. The maximum Gasteiger partial charge on any atom is 0.119 e. The fraction of sp³-hybridized carbons (Fsp3) is 0.385. The number of nitrogens with two attached hydrogens (primary N) is 2. The lowest BCUT2D eigenvalue weighted by Crippen LogP contribution is -2.15. The molecule has 0 aromatic heterocycles. The number of hydrogen-bond acceptors (Lipinski definition) is 6. The van der Waals surface area contributed by atoms with Crippen molar-refractivity contribution in [2.75, 3.05) is 13.1 Å². The van der Waals surface area contributed by atoms with Gasteiger partial charge in [-0.15, -0.1) is 0 Å². The molecule has 0 atom stereocenters. The van der Waals surface area contributed by atoms with E-state index in [9.17, 15) is 0 Å². The third-order valence-corrected chi connectivity index (χ3v) is 7.98. The Morgan fingerprint density at radius 1 is 0.422 bits per heavy atom. The molecule has 6 nitrogen and oxygen atoms in total. The molecule has 4 aromatic carbocycles. The highest BCUT2D eigenvalue weighted by Crippen LogP contribution is 2.16. The average Bonchev–Trinajstić information content (AvgIpc) is 3.09. The molecule has 6 heteroatoms. The van der Waals surface area contributed by atoms with E-state index < -0.39 is 0 Å². The third-order valence-electron chi connectivity index (χ3n) is 7.98. The van der Waals surface area contributed by atoms with Crippen LogP contribution in [0.15, 0.2) is 97.1 Å². The van der Waals surface area contributed by atoms with Crippen molar-refractivity contribution < 1.29 is 9.47 Å². The first kappa shape index (κ1) is 34.2. The standard InChI is InChI=1S/C39H52N4O2/c40-26-32-14-18-38(19-15-32)44-30-36-12-8-10-34(24-36)28-42-22-6-4-2-1-3-5-7-23-43-29-35-11-9-13-37(25-35)31-45-39-20-16-33(27-41)17-21-39/h8-21,24-25,42-43H,1-7,22-23,26-31,40-41H2. The number of rotatable bonds is 22. The van der Waals surface area contributed by atoms with Gasteiger partial charge >= 0.3 is 0 Å². The van der Waals surface area contributed by atoms with Gasteiger partial charge in [0.05, 0.1) is 0 Å². The van der Waals surface area contributed by atoms with Crippen molar-refractivity contribution in [3.8, 4) is 11.5 Å². The van der Waals surface area contributed by atoms with E-state index in [4.69, 9.17) is 20.9 Å². The van der Waals surface area contributed by atoms with E-state index in [-0.39, 0.29) is 0 Å². The van der Waals surface area contributed by atoms with Gasteiger partial charge in [0.1, 0.15) is 24.7 Å². The maximum atomic E-state index is 5.94. The highest BCUT2D eigenvalue weighted by Gasteiger charge is 2.02. The molecular formula is C39H52N4O2. The Labute approximate surface area is 270 Å². The molecule has 0 aliphatic carbocycles. The Morgan fingerprint density at radius 3 is 1.20 bits per heavy atom. The molecule has 0 saturated heterocycles. The highest BCUT2D eigenvalue weighted by atomic mass is 16.5. The van der Waals surface area contributed by atoms with Gasteiger partial charge in [-0.2, -0.15) is 0 Å². The van der Waals surface area contributed by atoms with Gasteiger partial charge in [-0.25, -0.2) is 0 Å². The third kappa shape index (κ3) is 13.5. The van der Waals surface area contributed by atoms with Crippen molar-refractivity contribution in [2.45, 2.75) is 84.3 Å². The Kier molecular flexibility index (Phi) is 15.5. The van der Waals surface area contributed by atoms with Crippen LogP contribution in [-0.2, 0) is 39.4 Å². The van der Waals surface area contributed by atoms with E-state index in [2.05, 4.69) is 59.2 Å². The van der Waals surface area contributed by atoms with Gasteiger partial charge in [0.2, 0.25) is 0 Å². The van der Waals surface area contributed by atoms with Crippen LogP contribution in [0, 0.1) is 0 Å². The molecule has 4 aromatic rings. The molecule has 0 amide bonds. The molecule has 45 heavy (non-hydrogen) atoms. The molecule has 0 radical (unpaired) electrons. The van der Waals surface area contributed by atoms with Gasteiger partial charge in [-0.05, 0) is 83.6 Å². The van der Waals surface area contributed by atoms with Gasteiger partial charge in [-0.1, -0.05) is 105 Å². The largest absolute Gasteiger partial charge is 0.489 e. The Morgan fingerprint density at radius 2 is 0.800 bits per heavy atom. The molecular weight excluding hydrogens is 556 g/mol. The monoisotopic (exact) mass is 608 g/mol. The quantitative estimate of drug-likeness (QED) is 0.0696. The summed E-state index contributed by atoms with van der Waals surface area (Å²) in [6.07, 6.45) is 9.01. The van der Waals surface area contributed by atoms with Crippen LogP contribution in [0.2, 0.25) is 0 Å². The second-order valence-corrected chi connectivity index (χ2v) is 11.7. The summed E-state index contributed by atoms with van der Waals surface area (Å²) in [6.45, 7) is 6.17. The van der Waals surface area contributed by atoms with Crippen molar-refractivity contribution >= 4 is 0 Å². The molecule has 0 bridgehead atoms. The van der Waals surface area contributed by atoms with Gasteiger partial charge in [0.25, 0.3) is 0 Å². The highest BCUT2D eigenvalue weighted by molar-refractivity contribution is 5.30. The lowest BCUT2D eigenvalue weighted by atomic mass is 10.1. The second-order valence-electron chi connectivity index (χ2n) is 11.7. The van der Waals surface area contributed by atoms with E-state index >= 15 is 0 Å². The van der Waals surface area contributed by atoms with Crippen LogP contribution in [0.1, 0.15) is 78.3 Å². The van der Waals surface area contributed by atoms with Gasteiger partial charge in [0, 0.05) is 26.2 Å². The number of ether oxygens (including phenoxy) is 2. The Balaban J connectivity index is 0.962. The van der Waals surface area contributed by atoms with Crippen LogP contribution in [0.3, 0.4) is 0 Å². The molecule has 0 aliphatic rings. The zero-order valence-corrected chi connectivity index (χ0v) is 26.8. The van der Waals surface area contributed by atoms with Crippen LogP contribution in [-0.4, -0.2) is 13.1 Å². The van der Waals surface area contributed by atoms with E-state index in [0.717, 1.165) is 48.8 Å². The summed E-state index contributed by atoms with van der Waals surface area (Å²) < 4.78 is 11.9. The minimum Gasteiger partial charge on any atom is -0.489 e. The smallest absolute Gasteiger partial charge is 0.119 e. The van der Waals surface area contributed by atoms with Crippen LogP contribution in [0.5, 0.6) is 11.5 Å². The average molecular weight is 609 g/mol. The van der Waals surface area contributed by atoms with Crippen LogP contribution in [0.4, 0.5) is 0 Å². The molecule has 240 valence electrons. The fourth-order valence-corrected chi connectivity index (χ4v) is 5.28. The topological polar surface area (TPSA) is 94.6 Å². The number of nitrogens with one attached hydrogen (secondary N) is 2. The van der Waals surface area contributed by atoms with Crippen molar-refractivity contribution in [3.63, 3.8) is 0 Å². The second kappa shape index (κ2) is 20.4. The SMILES string of the molecule is NCc1ccc(OCc2cccc(CNCCCCCCCCCNCc3cccc(COc4ccc(CN)cc4)c3)c2)cc1. The van der Waals surface area contributed by atoms with Crippen LogP contribution >= 0.6 is 0 Å². The summed E-state index contributed by atoms with van der Waals surface area (Å²) >= 11 is 0. The van der Waals surface area contributed by atoms with E-state index in [1.807, 2.05) is 48.5 Å². The van der Waals surface area contributed by atoms with Crippen LogP contribution < -0.4 is 31.6 Å². The zero-order chi connectivity index (χ0) is 31.4. The summed E-state index contributed by atoms with van der Waals surface area (Å²) in [4.78, 5) is 0. The first-order valence-electron chi connectivity index (χ1n) is 16.6. The minimum absolute atomic E-state index is 0.552. The van der Waals surface area contributed by atoms with Gasteiger partial charge < -0.3 is 31.6 Å². The lowest BCUT2D eigenvalue weighted by Gasteiger charge is -2.10. The van der Waals surface area contributed by atoms with Crippen molar-refractivity contribution in [1.29, 1.82) is 0 Å². The molecule has 0 aliphatic heterocycles. The molecule has 0 saturated carbocycles. The van der Waals surface area contributed by atoms with Crippen molar-refractivity contribution in [3.05, 3.63) is 130 Å². The predicted octanol–water partition coefficient (Wildman–Crippen LogP) is 7.37.